The van der Waals surface area contributed by atoms with E-state index in [0.717, 1.165) is 12.8 Å². The van der Waals surface area contributed by atoms with Gasteiger partial charge in [0.2, 0.25) is 0 Å². The number of nitrogens with zero attached hydrogens (tertiary/aromatic N) is 4. The van der Waals surface area contributed by atoms with E-state index in [-0.39, 0.29) is 6.67 Å². The number of nitroso groups, excluding NO2 is 2. The summed E-state index contributed by atoms with van der Waals surface area (Å²) in [4.78, 5) is 20.2. The van der Waals surface area contributed by atoms with E-state index in [9.17, 15) is 9.81 Å². The fourth-order valence-corrected chi connectivity index (χ4v) is 1.05. The van der Waals surface area contributed by atoms with Gasteiger partial charge in [-0.15, -0.1) is 9.81 Å². The van der Waals surface area contributed by atoms with Crippen LogP contribution in [0.4, 0.5) is 0 Å². The second-order valence-corrected chi connectivity index (χ2v) is 2.47. The Bertz CT molecular complexity index is 135. The molecule has 6 heteroatoms. The molecule has 0 unspecified atom stereocenters. The molecule has 0 atom stereocenters. The molecular formula is C5H10N4O2. The summed E-state index contributed by atoms with van der Waals surface area (Å²) in [5.74, 6) is 0. The maximum Gasteiger partial charge on any atom is 0.129 e. The van der Waals surface area contributed by atoms with Crippen molar-refractivity contribution in [3.8, 4) is 0 Å². The predicted molar refractivity (Wildman–Crippen MR) is 39.1 cm³/mol. The fourth-order valence-electron chi connectivity index (χ4n) is 1.05. The highest BCUT2D eigenvalue weighted by Gasteiger charge is 2.13. The lowest BCUT2D eigenvalue weighted by Gasteiger charge is -2.16. The number of rotatable bonds is 2. The molecule has 1 rings (SSSR count). The highest BCUT2D eigenvalue weighted by Crippen LogP contribution is 2.06. The van der Waals surface area contributed by atoms with E-state index < -0.39 is 0 Å². The first kappa shape index (κ1) is 7.90. The molecule has 0 aromatic heterocycles. The summed E-state index contributed by atoms with van der Waals surface area (Å²) in [6.45, 7) is 1.47. The van der Waals surface area contributed by atoms with Crippen molar-refractivity contribution >= 4 is 0 Å². The summed E-state index contributed by atoms with van der Waals surface area (Å²) in [5, 5.41) is 8.10. The van der Waals surface area contributed by atoms with Crippen molar-refractivity contribution in [1.29, 1.82) is 0 Å². The zero-order valence-electron chi connectivity index (χ0n) is 6.14. The van der Waals surface area contributed by atoms with E-state index in [1.54, 1.807) is 0 Å². The van der Waals surface area contributed by atoms with E-state index in [1.165, 1.54) is 10.0 Å². The molecule has 1 saturated heterocycles. The largest absolute Gasteiger partial charge is 0.240 e. The Morgan fingerprint density at radius 1 is 0.909 bits per heavy atom. The Labute approximate surface area is 64.0 Å². The molecular weight excluding hydrogens is 148 g/mol. The molecule has 0 amide bonds. The van der Waals surface area contributed by atoms with E-state index in [0.29, 0.717) is 13.1 Å². The number of hydrogen-bond donors (Lipinski definition) is 0. The van der Waals surface area contributed by atoms with Crippen LogP contribution < -0.4 is 0 Å². The second kappa shape index (κ2) is 3.85. The van der Waals surface area contributed by atoms with Gasteiger partial charge in [-0.1, -0.05) is 0 Å². The average Bonchev–Trinajstić information content (AvgIpc) is 2.28. The van der Waals surface area contributed by atoms with Gasteiger partial charge in [0.05, 0.1) is 10.6 Å². The van der Waals surface area contributed by atoms with Crippen molar-refractivity contribution in [2.45, 2.75) is 12.8 Å². The van der Waals surface area contributed by atoms with Crippen molar-refractivity contribution in [3.05, 3.63) is 9.81 Å². The maximum absolute atomic E-state index is 10.1. The van der Waals surface area contributed by atoms with Crippen LogP contribution in [0.2, 0.25) is 0 Å². The molecule has 6 nitrogen and oxygen atoms in total. The Balaban J connectivity index is 2.45. The van der Waals surface area contributed by atoms with Gasteiger partial charge in [0.15, 0.2) is 0 Å². The van der Waals surface area contributed by atoms with Gasteiger partial charge < -0.3 is 0 Å². The zero-order chi connectivity index (χ0) is 8.10. The SMILES string of the molecule is O=NN1CCCCN(N=O)C1. The molecule has 0 bridgehead atoms. The van der Waals surface area contributed by atoms with Crippen LogP contribution in [-0.2, 0) is 0 Å². The molecule has 62 valence electrons. The monoisotopic (exact) mass is 158 g/mol. The summed E-state index contributed by atoms with van der Waals surface area (Å²) >= 11 is 0. The number of hydrogen-bond acceptors (Lipinski definition) is 4. The summed E-state index contributed by atoms with van der Waals surface area (Å²) < 4.78 is 0. The molecule has 1 aliphatic heterocycles. The lowest BCUT2D eigenvalue weighted by molar-refractivity contribution is 0.160. The Hall–Kier alpha value is -1.20. The molecule has 1 fully saturated rings. The third kappa shape index (κ3) is 2.14. The summed E-state index contributed by atoms with van der Waals surface area (Å²) in [6.07, 6.45) is 1.77. The fraction of sp³-hybridized carbons (Fsp3) is 1.00. The van der Waals surface area contributed by atoms with Gasteiger partial charge in [-0.3, -0.25) is 0 Å². The van der Waals surface area contributed by atoms with Gasteiger partial charge in [-0.25, -0.2) is 10.0 Å². The third-order valence-electron chi connectivity index (χ3n) is 1.64. The average molecular weight is 158 g/mol. The van der Waals surface area contributed by atoms with Crippen molar-refractivity contribution in [1.82, 2.24) is 10.0 Å². The molecule has 0 radical (unpaired) electrons. The Morgan fingerprint density at radius 3 is 1.73 bits per heavy atom. The van der Waals surface area contributed by atoms with Crippen LogP contribution in [-0.4, -0.2) is 29.8 Å². The minimum atomic E-state index is 0.229. The minimum absolute atomic E-state index is 0.229. The predicted octanol–water partition coefficient (Wildman–Crippen LogP) is 0.705. The van der Waals surface area contributed by atoms with Crippen LogP contribution >= 0.6 is 0 Å². The zero-order valence-corrected chi connectivity index (χ0v) is 6.14. The lowest BCUT2D eigenvalue weighted by atomic mass is 10.3. The van der Waals surface area contributed by atoms with Gasteiger partial charge in [-0.05, 0) is 12.8 Å². The lowest BCUT2D eigenvalue weighted by Crippen LogP contribution is -2.28. The molecule has 1 heterocycles. The molecule has 0 aromatic carbocycles. The first-order valence-corrected chi connectivity index (χ1v) is 3.53. The molecule has 0 N–H and O–H groups in total. The van der Waals surface area contributed by atoms with Crippen LogP contribution in [0.25, 0.3) is 0 Å². The van der Waals surface area contributed by atoms with Crippen LogP contribution in [0, 0.1) is 9.81 Å². The molecule has 11 heavy (non-hydrogen) atoms. The van der Waals surface area contributed by atoms with Crippen molar-refractivity contribution in [2.75, 3.05) is 19.8 Å². The first-order chi connectivity index (χ1) is 5.36. The van der Waals surface area contributed by atoms with Gasteiger partial charge in [0.1, 0.15) is 6.67 Å². The van der Waals surface area contributed by atoms with Crippen LogP contribution in [0.15, 0.2) is 10.6 Å². The summed E-state index contributed by atoms with van der Waals surface area (Å²) in [7, 11) is 0. The maximum atomic E-state index is 10.1. The van der Waals surface area contributed by atoms with Crippen molar-refractivity contribution in [3.63, 3.8) is 0 Å². The molecule has 0 aromatic rings. The molecule has 0 aliphatic carbocycles. The third-order valence-corrected chi connectivity index (χ3v) is 1.64. The Morgan fingerprint density at radius 2 is 1.36 bits per heavy atom. The Kier molecular flexibility index (Phi) is 2.76. The van der Waals surface area contributed by atoms with Gasteiger partial charge in [0.25, 0.3) is 0 Å². The van der Waals surface area contributed by atoms with E-state index in [4.69, 9.17) is 0 Å². The molecule has 0 saturated carbocycles. The first-order valence-electron chi connectivity index (χ1n) is 3.53. The van der Waals surface area contributed by atoms with Crippen LogP contribution in [0.3, 0.4) is 0 Å². The second-order valence-electron chi connectivity index (χ2n) is 2.47. The van der Waals surface area contributed by atoms with Crippen molar-refractivity contribution in [2.24, 2.45) is 10.6 Å². The summed E-state index contributed by atoms with van der Waals surface area (Å²) in [6, 6.07) is 0. The minimum Gasteiger partial charge on any atom is -0.240 e. The normalized spacial score (nSPS) is 19.3. The topological polar surface area (TPSA) is 65.3 Å². The van der Waals surface area contributed by atoms with Crippen LogP contribution in [0.5, 0.6) is 0 Å². The molecule has 1 aliphatic rings. The quantitative estimate of drug-likeness (QED) is 0.555. The standard InChI is InChI=1S/C5H10N4O2/c10-6-8-3-1-2-4-9(5-8)7-11/h1-5H2. The molecule has 0 spiro atoms. The van der Waals surface area contributed by atoms with Crippen LogP contribution in [0.1, 0.15) is 12.8 Å². The van der Waals surface area contributed by atoms with E-state index >= 15 is 0 Å². The van der Waals surface area contributed by atoms with E-state index in [2.05, 4.69) is 10.6 Å². The smallest absolute Gasteiger partial charge is 0.129 e. The highest BCUT2D eigenvalue weighted by atomic mass is 16.3. The summed E-state index contributed by atoms with van der Waals surface area (Å²) in [5.41, 5.74) is 0. The van der Waals surface area contributed by atoms with Crippen molar-refractivity contribution < 1.29 is 0 Å². The van der Waals surface area contributed by atoms with Gasteiger partial charge >= 0.3 is 0 Å². The van der Waals surface area contributed by atoms with Gasteiger partial charge in [0, 0.05) is 13.1 Å². The van der Waals surface area contributed by atoms with Gasteiger partial charge in [-0.2, -0.15) is 0 Å². The van der Waals surface area contributed by atoms with E-state index in [1.807, 2.05) is 0 Å². The highest BCUT2D eigenvalue weighted by molar-refractivity contribution is 4.60.